The zero-order valence-corrected chi connectivity index (χ0v) is 16.9. The van der Waals surface area contributed by atoms with E-state index in [4.69, 9.17) is 9.84 Å². The SMILES string of the molecule is O=C(c1ccc(F)c(F)c1)N1CCC(c2c3c(nn2-c2ccccn2)CCOC3)CC1. The number of piperidine rings is 1. The maximum atomic E-state index is 13.5. The van der Waals surface area contributed by atoms with Crippen molar-refractivity contribution in [2.24, 2.45) is 0 Å². The Morgan fingerprint density at radius 3 is 2.68 bits per heavy atom. The van der Waals surface area contributed by atoms with Crippen LogP contribution in [-0.2, 0) is 17.8 Å². The summed E-state index contributed by atoms with van der Waals surface area (Å²) in [6.07, 6.45) is 4.02. The summed E-state index contributed by atoms with van der Waals surface area (Å²) < 4.78 is 34.4. The second kappa shape index (κ2) is 8.19. The lowest BCUT2D eigenvalue weighted by molar-refractivity contribution is 0.0708. The van der Waals surface area contributed by atoms with Gasteiger partial charge in [0.2, 0.25) is 0 Å². The second-order valence-electron chi connectivity index (χ2n) is 7.91. The Balaban J connectivity index is 1.39. The molecule has 0 spiro atoms. The number of aromatic nitrogens is 3. The maximum Gasteiger partial charge on any atom is 0.253 e. The zero-order chi connectivity index (χ0) is 21.4. The molecule has 0 aliphatic carbocycles. The number of likely N-dealkylation sites (tertiary alicyclic amines) is 1. The number of benzene rings is 1. The number of hydrogen-bond acceptors (Lipinski definition) is 4. The van der Waals surface area contributed by atoms with E-state index in [9.17, 15) is 13.6 Å². The van der Waals surface area contributed by atoms with Gasteiger partial charge in [0.1, 0.15) is 0 Å². The molecule has 0 atom stereocenters. The van der Waals surface area contributed by atoms with Crippen LogP contribution in [0.4, 0.5) is 8.78 Å². The van der Waals surface area contributed by atoms with Gasteiger partial charge in [-0.25, -0.2) is 18.4 Å². The summed E-state index contributed by atoms with van der Waals surface area (Å²) in [4.78, 5) is 18.9. The number of amides is 1. The van der Waals surface area contributed by atoms with Crippen molar-refractivity contribution in [1.29, 1.82) is 0 Å². The Bertz CT molecular complexity index is 1110. The highest BCUT2D eigenvalue weighted by molar-refractivity contribution is 5.94. The molecule has 2 aliphatic rings. The van der Waals surface area contributed by atoms with Crippen molar-refractivity contribution in [2.45, 2.75) is 31.8 Å². The van der Waals surface area contributed by atoms with Crippen LogP contribution in [0.25, 0.3) is 5.82 Å². The highest BCUT2D eigenvalue weighted by Gasteiger charge is 2.32. The van der Waals surface area contributed by atoms with Crippen molar-refractivity contribution in [2.75, 3.05) is 19.7 Å². The van der Waals surface area contributed by atoms with E-state index in [0.29, 0.717) is 26.3 Å². The summed E-state index contributed by atoms with van der Waals surface area (Å²) in [6.45, 7) is 2.26. The third-order valence-corrected chi connectivity index (χ3v) is 6.04. The van der Waals surface area contributed by atoms with Crippen LogP contribution in [0.15, 0.2) is 42.6 Å². The van der Waals surface area contributed by atoms with Crippen molar-refractivity contribution in [1.82, 2.24) is 19.7 Å². The summed E-state index contributed by atoms with van der Waals surface area (Å²) in [5, 5.41) is 4.83. The Labute approximate surface area is 178 Å². The van der Waals surface area contributed by atoms with Crippen LogP contribution in [0, 0.1) is 11.6 Å². The highest BCUT2D eigenvalue weighted by atomic mass is 19.2. The lowest BCUT2D eigenvalue weighted by Crippen LogP contribution is -2.38. The minimum Gasteiger partial charge on any atom is -0.376 e. The van der Waals surface area contributed by atoms with Crippen molar-refractivity contribution < 1.29 is 18.3 Å². The fraction of sp³-hybridized carbons (Fsp3) is 0.348. The average Bonchev–Trinajstić information content (AvgIpc) is 3.21. The van der Waals surface area contributed by atoms with Crippen LogP contribution in [0.5, 0.6) is 0 Å². The van der Waals surface area contributed by atoms with E-state index in [1.807, 2.05) is 22.9 Å². The summed E-state index contributed by atoms with van der Waals surface area (Å²) in [5.74, 6) is -1.27. The molecular formula is C23H22F2N4O2. The molecule has 1 aromatic carbocycles. The molecule has 0 N–H and O–H groups in total. The minimum absolute atomic E-state index is 0.168. The van der Waals surface area contributed by atoms with Gasteiger partial charge in [-0.2, -0.15) is 5.10 Å². The third-order valence-electron chi connectivity index (χ3n) is 6.04. The first-order chi connectivity index (χ1) is 15.1. The molecule has 8 heteroatoms. The molecule has 0 saturated carbocycles. The van der Waals surface area contributed by atoms with E-state index >= 15 is 0 Å². The molecule has 0 bridgehead atoms. The first-order valence-corrected chi connectivity index (χ1v) is 10.5. The van der Waals surface area contributed by atoms with Gasteiger partial charge in [-0.1, -0.05) is 6.07 Å². The molecule has 31 heavy (non-hydrogen) atoms. The van der Waals surface area contributed by atoms with Gasteiger partial charge in [0, 0.05) is 42.8 Å². The average molecular weight is 424 g/mol. The number of nitrogens with zero attached hydrogens (tertiary/aromatic N) is 4. The topological polar surface area (TPSA) is 60.2 Å². The summed E-state index contributed by atoms with van der Waals surface area (Å²) in [7, 11) is 0. The molecule has 1 amide bonds. The fourth-order valence-corrected chi connectivity index (χ4v) is 4.45. The third kappa shape index (κ3) is 3.72. The molecule has 5 rings (SSSR count). The molecule has 1 fully saturated rings. The van der Waals surface area contributed by atoms with Crippen LogP contribution in [0.3, 0.4) is 0 Å². The van der Waals surface area contributed by atoms with Crippen molar-refractivity contribution >= 4 is 5.91 Å². The van der Waals surface area contributed by atoms with Crippen LogP contribution < -0.4 is 0 Å². The van der Waals surface area contributed by atoms with Gasteiger partial charge in [-0.05, 0) is 43.2 Å². The van der Waals surface area contributed by atoms with E-state index < -0.39 is 11.6 Å². The molecule has 2 aromatic heterocycles. The molecule has 2 aliphatic heterocycles. The molecule has 160 valence electrons. The monoisotopic (exact) mass is 424 g/mol. The first kappa shape index (κ1) is 19.8. The molecule has 1 saturated heterocycles. The molecule has 4 heterocycles. The van der Waals surface area contributed by atoms with E-state index in [2.05, 4.69) is 4.98 Å². The number of rotatable bonds is 3. The van der Waals surface area contributed by atoms with Crippen molar-refractivity contribution in [3.8, 4) is 5.82 Å². The fourth-order valence-electron chi connectivity index (χ4n) is 4.45. The standard InChI is InChI=1S/C23H22F2N4O2/c24-18-5-4-16(13-19(18)25)23(30)28-10-6-15(7-11-28)22-17-14-31-12-8-20(17)27-29(22)21-3-1-2-9-26-21/h1-5,9,13,15H,6-8,10-12,14H2. The lowest BCUT2D eigenvalue weighted by atomic mass is 9.89. The molecule has 3 aromatic rings. The van der Waals surface area contributed by atoms with Crippen LogP contribution in [0.2, 0.25) is 0 Å². The van der Waals surface area contributed by atoms with Crippen LogP contribution >= 0.6 is 0 Å². The van der Waals surface area contributed by atoms with E-state index in [0.717, 1.165) is 54.2 Å². The number of pyridine rings is 1. The van der Waals surface area contributed by atoms with Crippen molar-refractivity contribution in [3.63, 3.8) is 0 Å². The maximum absolute atomic E-state index is 13.5. The second-order valence-corrected chi connectivity index (χ2v) is 7.91. The van der Waals surface area contributed by atoms with Gasteiger partial charge in [-0.15, -0.1) is 0 Å². The molecular weight excluding hydrogens is 402 g/mol. The number of fused-ring (bicyclic) bond motifs is 1. The Morgan fingerprint density at radius 2 is 1.94 bits per heavy atom. The normalized spacial score (nSPS) is 16.9. The largest absolute Gasteiger partial charge is 0.376 e. The minimum atomic E-state index is -1.01. The number of halogens is 2. The lowest BCUT2D eigenvalue weighted by Gasteiger charge is -2.33. The van der Waals surface area contributed by atoms with Gasteiger partial charge < -0.3 is 9.64 Å². The van der Waals surface area contributed by atoms with E-state index in [1.54, 1.807) is 11.1 Å². The van der Waals surface area contributed by atoms with Crippen LogP contribution in [-0.4, -0.2) is 45.3 Å². The predicted octanol–water partition coefficient (Wildman–Crippen LogP) is 3.64. The quantitative estimate of drug-likeness (QED) is 0.644. The summed E-state index contributed by atoms with van der Waals surface area (Å²) in [6, 6.07) is 9.03. The van der Waals surface area contributed by atoms with Gasteiger partial charge in [-0.3, -0.25) is 4.79 Å². The molecule has 0 radical (unpaired) electrons. The molecule has 0 unspecified atom stereocenters. The van der Waals surface area contributed by atoms with Gasteiger partial charge in [0.05, 0.1) is 24.6 Å². The zero-order valence-electron chi connectivity index (χ0n) is 16.9. The number of carbonyl (C=O) groups is 1. The number of hydrogen-bond donors (Lipinski definition) is 0. The number of ether oxygens (including phenoxy) is 1. The van der Waals surface area contributed by atoms with Crippen LogP contribution in [0.1, 0.15) is 46.1 Å². The Kier molecular flexibility index (Phi) is 5.23. The highest BCUT2D eigenvalue weighted by Crippen LogP contribution is 2.35. The van der Waals surface area contributed by atoms with E-state index in [-0.39, 0.29) is 17.4 Å². The summed E-state index contributed by atoms with van der Waals surface area (Å²) in [5.41, 5.74) is 3.45. The summed E-state index contributed by atoms with van der Waals surface area (Å²) >= 11 is 0. The van der Waals surface area contributed by atoms with E-state index in [1.165, 1.54) is 6.07 Å². The molecule has 6 nitrogen and oxygen atoms in total. The smallest absolute Gasteiger partial charge is 0.253 e. The van der Waals surface area contributed by atoms with Crippen molar-refractivity contribution in [3.05, 3.63) is 76.7 Å². The first-order valence-electron chi connectivity index (χ1n) is 10.5. The Morgan fingerprint density at radius 1 is 1.10 bits per heavy atom. The Hall–Kier alpha value is -3.13. The number of carbonyl (C=O) groups excluding carboxylic acids is 1. The van der Waals surface area contributed by atoms with Gasteiger partial charge in [0.25, 0.3) is 5.91 Å². The van der Waals surface area contributed by atoms with Gasteiger partial charge in [0.15, 0.2) is 17.5 Å². The predicted molar refractivity (Wildman–Crippen MR) is 109 cm³/mol. The van der Waals surface area contributed by atoms with Gasteiger partial charge >= 0.3 is 0 Å².